The Bertz CT molecular complexity index is 891. The Labute approximate surface area is 228 Å². The standard InChI is InChI=1S/C35H56O2/c1-23(2)7-6-8-24(3)29-15-16-30-27-13-14-31-28(21-25-9-11-26(22-36)12-10-25)33(37)18-20-35(31,5)32(27)17-19-34(29,30)4/h9-12,23-24,27-33,36-37H,6-8,13-22H2,1-5H3/t24-,27+,28+,29-,30+,31?,32+,33-,34-,35+/m1/s1. The van der Waals surface area contributed by atoms with Crippen LogP contribution >= 0.6 is 0 Å². The molecular weight excluding hydrogens is 452 g/mol. The first kappa shape index (κ1) is 27.7. The van der Waals surface area contributed by atoms with E-state index < -0.39 is 0 Å². The summed E-state index contributed by atoms with van der Waals surface area (Å²) >= 11 is 0. The lowest BCUT2D eigenvalue weighted by Gasteiger charge is -2.63. The Morgan fingerprint density at radius 3 is 2.14 bits per heavy atom. The van der Waals surface area contributed by atoms with Gasteiger partial charge in [-0.25, -0.2) is 0 Å². The van der Waals surface area contributed by atoms with E-state index in [0.29, 0.717) is 22.7 Å². The Kier molecular flexibility index (Phi) is 8.20. The van der Waals surface area contributed by atoms with Gasteiger partial charge in [-0.05, 0) is 127 Å². The minimum Gasteiger partial charge on any atom is -0.393 e. The number of hydrogen-bond acceptors (Lipinski definition) is 2. The lowest BCUT2D eigenvalue weighted by Crippen LogP contribution is -2.57. The molecular formula is C35H56O2. The summed E-state index contributed by atoms with van der Waals surface area (Å²) in [5.74, 6) is 6.36. The van der Waals surface area contributed by atoms with Crippen molar-refractivity contribution in [1.82, 2.24) is 0 Å². The Hall–Kier alpha value is -0.860. The van der Waals surface area contributed by atoms with Crippen LogP contribution in [0.3, 0.4) is 0 Å². The van der Waals surface area contributed by atoms with Gasteiger partial charge in [-0.3, -0.25) is 0 Å². The number of hydrogen-bond donors (Lipinski definition) is 2. The summed E-state index contributed by atoms with van der Waals surface area (Å²) in [5, 5.41) is 20.7. The fourth-order valence-corrected chi connectivity index (χ4v) is 10.9. The molecule has 37 heavy (non-hydrogen) atoms. The van der Waals surface area contributed by atoms with E-state index in [2.05, 4.69) is 58.9 Å². The number of aliphatic hydroxyl groups is 2. The molecule has 4 saturated carbocycles. The molecule has 4 fully saturated rings. The predicted octanol–water partition coefficient (Wildman–Crippen LogP) is 8.43. The average Bonchev–Trinajstić information content (AvgIpc) is 3.23. The van der Waals surface area contributed by atoms with Crippen molar-refractivity contribution in [3.05, 3.63) is 35.4 Å². The van der Waals surface area contributed by atoms with Crippen LogP contribution in [0.4, 0.5) is 0 Å². The van der Waals surface area contributed by atoms with Gasteiger partial charge in [0.25, 0.3) is 0 Å². The van der Waals surface area contributed by atoms with Crippen molar-refractivity contribution in [2.45, 2.75) is 124 Å². The molecule has 2 N–H and O–H groups in total. The van der Waals surface area contributed by atoms with Crippen molar-refractivity contribution in [1.29, 1.82) is 0 Å². The van der Waals surface area contributed by atoms with E-state index in [9.17, 15) is 10.2 Å². The van der Waals surface area contributed by atoms with Crippen LogP contribution in [0.5, 0.6) is 0 Å². The SMILES string of the molecule is CC(C)CCC[C@@H](C)[C@H]1CC[C@H]2[C@@H]3CCC4[C@H](Cc5ccc(CO)cc5)[C@H](O)CC[C@]4(C)[C@H]3CC[C@]12C. The molecule has 0 amide bonds. The third-order valence-corrected chi connectivity index (χ3v) is 12.8. The van der Waals surface area contributed by atoms with Gasteiger partial charge in [-0.2, -0.15) is 0 Å². The van der Waals surface area contributed by atoms with Crippen molar-refractivity contribution >= 4 is 0 Å². The van der Waals surface area contributed by atoms with Crippen molar-refractivity contribution in [2.24, 2.45) is 58.2 Å². The van der Waals surface area contributed by atoms with Gasteiger partial charge < -0.3 is 10.2 Å². The van der Waals surface area contributed by atoms with Crippen LogP contribution in [0, 0.1) is 58.2 Å². The lowest BCUT2D eigenvalue weighted by molar-refractivity contribution is -0.152. The molecule has 0 aromatic heterocycles. The molecule has 1 aromatic rings. The molecule has 0 spiro atoms. The Morgan fingerprint density at radius 2 is 1.43 bits per heavy atom. The molecule has 0 saturated heterocycles. The lowest BCUT2D eigenvalue weighted by atomic mass is 9.42. The Morgan fingerprint density at radius 1 is 0.784 bits per heavy atom. The summed E-state index contributed by atoms with van der Waals surface area (Å²) in [7, 11) is 0. The van der Waals surface area contributed by atoms with Crippen LogP contribution in [0.15, 0.2) is 24.3 Å². The normalized spacial score (nSPS) is 42.2. The first-order chi connectivity index (χ1) is 17.7. The van der Waals surface area contributed by atoms with Gasteiger partial charge in [-0.1, -0.05) is 78.1 Å². The first-order valence-corrected chi connectivity index (χ1v) is 16.0. The van der Waals surface area contributed by atoms with Crippen LogP contribution in [0.2, 0.25) is 0 Å². The van der Waals surface area contributed by atoms with Gasteiger partial charge in [-0.15, -0.1) is 0 Å². The van der Waals surface area contributed by atoms with Gasteiger partial charge >= 0.3 is 0 Å². The molecule has 2 nitrogen and oxygen atoms in total. The second-order valence-electron chi connectivity index (χ2n) is 15.0. The van der Waals surface area contributed by atoms with Gasteiger partial charge in [0.15, 0.2) is 0 Å². The van der Waals surface area contributed by atoms with Gasteiger partial charge in [0.05, 0.1) is 12.7 Å². The maximum absolute atomic E-state index is 11.2. The molecule has 1 unspecified atom stereocenters. The minimum absolute atomic E-state index is 0.105. The van der Waals surface area contributed by atoms with E-state index in [4.69, 9.17) is 0 Å². The molecule has 0 radical (unpaired) electrons. The summed E-state index contributed by atoms with van der Waals surface area (Å²) in [6.45, 7) is 12.8. The third-order valence-electron chi connectivity index (χ3n) is 12.8. The van der Waals surface area contributed by atoms with Crippen LogP contribution in [-0.4, -0.2) is 16.3 Å². The summed E-state index contributed by atoms with van der Waals surface area (Å²) in [6.07, 6.45) is 15.8. The van der Waals surface area contributed by atoms with Crippen LogP contribution in [-0.2, 0) is 13.0 Å². The molecule has 4 aliphatic carbocycles. The fraction of sp³-hybridized carbons (Fsp3) is 0.829. The molecule has 5 rings (SSSR count). The molecule has 10 atom stereocenters. The molecule has 1 aromatic carbocycles. The van der Waals surface area contributed by atoms with Gasteiger partial charge in [0, 0.05) is 0 Å². The van der Waals surface area contributed by atoms with E-state index in [1.54, 1.807) is 0 Å². The minimum atomic E-state index is -0.163. The summed E-state index contributed by atoms with van der Waals surface area (Å²) in [4.78, 5) is 0. The highest BCUT2D eigenvalue weighted by molar-refractivity contribution is 5.23. The topological polar surface area (TPSA) is 40.5 Å². The van der Waals surface area contributed by atoms with Crippen molar-refractivity contribution in [3.8, 4) is 0 Å². The van der Waals surface area contributed by atoms with E-state index in [1.807, 2.05) is 0 Å². The summed E-state index contributed by atoms with van der Waals surface area (Å²) in [6, 6.07) is 8.48. The van der Waals surface area contributed by atoms with Gasteiger partial charge in [0.1, 0.15) is 0 Å². The third kappa shape index (κ3) is 5.08. The second kappa shape index (κ2) is 11.0. The van der Waals surface area contributed by atoms with Crippen molar-refractivity contribution in [3.63, 3.8) is 0 Å². The van der Waals surface area contributed by atoms with Crippen molar-refractivity contribution < 1.29 is 10.2 Å². The number of fused-ring (bicyclic) bond motifs is 5. The molecule has 0 heterocycles. The van der Waals surface area contributed by atoms with Crippen LogP contribution in [0.25, 0.3) is 0 Å². The highest BCUT2D eigenvalue weighted by atomic mass is 16.3. The zero-order chi connectivity index (χ0) is 26.4. The monoisotopic (exact) mass is 508 g/mol. The van der Waals surface area contributed by atoms with E-state index in [1.165, 1.54) is 69.8 Å². The molecule has 2 heteroatoms. The zero-order valence-corrected chi connectivity index (χ0v) is 24.6. The fourth-order valence-electron chi connectivity index (χ4n) is 10.9. The predicted molar refractivity (Wildman–Crippen MR) is 154 cm³/mol. The molecule has 208 valence electrons. The zero-order valence-electron chi connectivity index (χ0n) is 24.6. The van der Waals surface area contributed by atoms with E-state index in [-0.39, 0.29) is 12.7 Å². The Balaban J connectivity index is 1.30. The average molecular weight is 509 g/mol. The van der Waals surface area contributed by atoms with Crippen LogP contribution in [0.1, 0.15) is 116 Å². The smallest absolute Gasteiger partial charge is 0.0681 e. The molecule has 4 aliphatic rings. The van der Waals surface area contributed by atoms with Crippen LogP contribution < -0.4 is 0 Å². The maximum atomic E-state index is 11.2. The first-order valence-electron chi connectivity index (χ1n) is 16.0. The van der Waals surface area contributed by atoms with E-state index in [0.717, 1.165) is 53.9 Å². The summed E-state index contributed by atoms with van der Waals surface area (Å²) < 4.78 is 0. The largest absolute Gasteiger partial charge is 0.393 e. The number of rotatable bonds is 8. The van der Waals surface area contributed by atoms with E-state index >= 15 is 0 Å². The number of benzene rings is 1. The quantitative estimate of drug-likeness (QED) is 0.370. The number of aliphatic hydroxyl groups excluding tert-OH is 2. The second-order valence-corrected chi connectivity index (χ2v) is 15.0. The molecule has 0 aliphatic heterocycles. The van der Waals surface area contributed by atoms with Gasteiger partial charge in [0.2, 0.25) is 0 Å². The van der Waals surface area contributed by atoms with Crippen molar-refractivity contribution in [2.75, 3.05) is 0 Å². The molecule has 0 bridgehead atoms. The maximum Gasteiger partial charge on any atom is 0.0681 e. The highest BCUT2D eigenvalue weighted by Crippen LogP contribution is 2.69. The highest BCUT2D eigenvalue weighted by Gasteiger charge is 2.61. The summed E-state index contributed by atoms with van der Waals surface area (Å²) in [5.41, 5.74) is 3.26.